The second-order valence-corrected chi connectivity index (χ2v) is 7.98. The van der Waals surface area contributed by atoms with Crippen molar-refractivity contribution >= 4 is 0 Å². The summed E-state index contributed by atoms with van der Waals surface area (Å²) in [6.07, 6.45) is 2.78. The van der Waals surface area contributed by atoms with E-state index in [0.717, 1.165) is 49.4 Å². The van der Waals surface area contributed by atoms with Gasteiger partial charge < -0.3 is 14.4 Å². The smallest absolute Gasteiger partial charge is 0.119 e. The Hall–Kier alpha value is -2.51. The summed E-state index contributed by atoms with van der Waals surface area (Å²) >= 11 is 0. The Labute approximate surface area is 176 Å². The van der Waals surface area contributed by atoms with Gasteiger partial charge in [-0.1, -0.05) is 38.1 Å². The maximum absolute atomic E-state index is 10.1. The van der Waals surface area contributed by atoms with Crippen LogP contribution in [0.3, 0.4) is 0 Å². The van der Waals surface area contributed by atoms with Crippen LogP contribution in [0.2, 0.25) is 0 Å². The first-order valence-electron chi connectivity index (χ1n) is 10.3. The number of rotatable bonds is 11. The Bertz CT molecular complexity index is 812. The third-order valence-electron chi connectivity index (χ3n) is 5.80. The molecule has 0 radical (unpaired) electrons. The monoisotopic (exact) mass is 394 g/mol. The van der Waals surface area contributed by atoms with E-state index in [0.29, 0.717) is 0 Å². The number of methoxy groups -OCH3 is 2. The highest BCUT2D eigenvalue weighted by Crippen LogP contribution is 2.37. The number of likely N-dealkylation sites (N-methyl/N-ethyl adjacent to an activating group) is 1. The Morgan fingerprint density at radius 3 is 2.28 bits per heavy atom. The van der Waals surface area contributed by atoms with Crippen molar-refractivity contribution in [3.05, 3.63) is 59.7 Å². The van der Waals surface area contributed by atoms with Gasteiger partial charge in [0.05, 0.1) is 25.7 Å². The molecule has 0 saturated carbocycles. The largest absolute Gasteiger partial charge is 0.497 e. The van der Waals surface area contributed by atoms with Crippen LogP contribution in [0, 0.1) is 17.2 Å². The highest BCUT2D eigenvalue weighted by Gasteiger charge is 2.35. The lowest BCUT2D eigenvalue weighted by Crippen LogP contribution is -2.32. The van der Waals surface area contributed by atoms with Gasteiger partial charge in [-0.3, -0.25) is 0 Å². The number of benzene rings is 2. The second-order valence-electron chi connectivity index (χ2n) is 7.98. The summed E-state index contributed by atoms with van der Waals surface area (Å²) in [5.74, 6) is 1.93. The zero-order valence-corrected chi connectivity index (χ0v) is 18.4. The summed E-state index contributed by atoms with van der Waals surface area (Å²) in [5.41, 5.74) is 1.83. The molecule has 0 saturated heterocycles. The van der Waals surface area contributed by atoms with Crippen molar-refractivity contribution in [3.63, 3.8) is 0 Å². The summed E-state index contributed by atoms with van der Waals surface area (Å²) in [4.78, 5) is 2.34. The molecule has 29 heavy (non-hydrogen) atoms. The minimum atomic E-state index is -0.498. The molecule has 2 rings (SSSR count). The topological polar surface area (TPSA) is 45.5 Å². The quantitative estimate of drug-likeness (QED) is 0.533. The highest BCUT2D eigenvalue weighted by molar-refractivity contribution is 5.39. The van der Waals surface area contributed by atoms with Crippen LogP contribution in [0.15, 0.2) is 48.5 Å². The fourth-order valence-corrected chi connectivity index (χ4v) is 3.80. The molecule has 0 aromatic heterocycles. The fraction of sp³-hybridized carbons (Fsp3) is 0.480. The average molecular weight is 395 g/mol. The lowest BCUT2D eigenvalue weighted by atomic mass is 9.70. The summed E-state index contributed by atoms with van der Waals surface area (Å²) in [6.45, 7) is 6.21. The normalized spacial score (nSPS) is 13.2. The minimum absolute atomic E-state index is 0.224. The standard InChI is InChI=1S/C25H34N2O2/c1-20(2)25(19-26,22-10-7-12-24(18-22)29-5)14-8-15-27(3)16-13-21-9-6-11-23(17-21)28-4/h6-7,9-12,17-18,20H,8,13-16H2,1-5H3/t25-/m0/s1. The minimum Gasteiger partial charge on any atom is -0.497 e. The summed E-state index contributed by atoms with van der Waals surface area (Å²) < 4.78 is 10.7. The first-order chi connectivity index (χ1) is 13.9. The maximum atomic E-state index is 10.1. The molecular weight excluding hydrogens is 360 g/mol. The van der Waals surface area contributed by atoms with Crippen LogP contribution >= 0.6 is 0 Å². The van der Waals surface area contributed by atoms with Crippen LogP contribution in [0.4, 0.5) is 0 Å². The van der Waals surface area contributed by atoms with Crippen molar-refractivity contribution in [1.29, 1.82) is 5.26 Å². The molecule has 2 aromatic rings. The summed E-state index contributed by atoms with van der Waals surface area (Å²) in [6, 6.07) is 18.8. The van der Waals surface area contributed by atoms with E-state index in [1.807, 2.05) is 30.3 Å². The fourth-order valence-electron chi connectivity index (χ4n) is 3.80. The first-order valence-corrected chi connectivity index (χ1v) is 10.3. The van der Waals surface area contributed by atoms with E-state index in [1.165, 1.54) is 5.56 Å². The molecule has 156 valence electrons. The molecule has 4 nitrogen and oxygen atoms in total. The predicted octanol–water partition coefficient (Wildman–Crippen LogP) is 5.08. The van der Waals surface area contributed by atoms with Gasteiger partial charge in [0.15, 0.2) is 0 Å². The van der Waals surface area contributed by atoms with E-state index in [-0.39, 0.29) is 5.92 Å². The van der Waals surface area contributed by atoms with Gasteiger partial charge in [-0.05, 0) is 74.2 Å². The summed E-state index contributed by atoms with van der Waals surface area (Å²) in [7, 11) is 5.51. The van der Waals surface area contributed by atoms with Crippen LogP contribution in [-0.4, -0.2) is 39.3 Å². The molecule has 0 spiro atoms. The van der Waals surface area contributed by atoms with E-state index < -0.39 is 5.41 Å². The molecule has 0 N–H and O–H groups in total. The van der Waals surface area contributed by atoms with Crippen LogP contribution < -0.4 is 9.47 Å². The van der Waals surface area contributed by atoms with Crippen molar-refractivity contribution in [3.8, 4) is 17.6 Å². The van der Waals surface area contributed by atoms with Gasteiger partial charge in [0, 0.05) is 6.54 Å². The Morgan fingerprint density at radius 1 is 1.00 bits per heavy atom. The van der Waals surface area contributed by atoms with Crippen molar-refractivity contribution in [1.82, 2.24) is 4.90 Å². The van der Waals surface area contributed by atoms with Crippen molar-refractivity contribution in [2.45, 2.75) is 38.5 Å². The molecule has 0 aliphatic carbocycles. The number of hydrogen-bond donors (Lipinski definition) is 0. The molecular formula is C25H34N2O2. The highest BCUT2D eigenvalue weighted by atomic mass is 16.5. The molecule has 4 heteroatoms. The number of nitriles is 1. The number of hydrogen-bond acceptors (Lipinski definition) is 4. The molecule has 2 aromatic carbocycles. The maximum Gasteiger partial charge on any atom is 0.119 e. The van der Waals surface area contributed by atoms with Crippen LogP contribution in [0.25, 0.3) is 0 Å². The van der Waals surface area contributed by atoms with Gasteiger partial charge in [-0.15, -0.1) is 0 Å². The lowest BCUT2D eigenvalue weighted by Gasteiger charge is -2.32. The molecule has 0 bridgehead atoms. The van der Waals surface area contributed by atoms with Crippen LogP contribution in [0.5, 0.6) is 11.5 Å². The molecule has 0 amide bonds. The molecule has 0 unspecified atom stereocenters. The molecule has 0 heterocycles. The Morgan fingerprint density at radius 2 is 1.66 bits per heavy atom. The molecule has 1 atom stereocenters. The SMILES string of the molecule is COc1cccc(CCN(C)CCC[C@@](C#N)(c2cccc(OC)c2)C(C)C)c1. The number of nitrogens with zero attached hydrogens (tertiary/aromatic N) is 2. The lowest BCUT2D eigenvalue weighted by molar-refractivity contribution is 0.293. The van der Waals surface area contributed by atoms with Crippen molar-refractivity contribution < 1.29 is 9.47 Å². The summed E-state index contributed by atoms with van der Waals surface area (Å²) in [5, 5.41) is 10.1. The average Bonchev–Trinajstić information content (AvgIpc) is 2.75. The Balaban J connectivity index is 1.96. The van der Waals surface area contributed by atoms with Crippen LogP contribution in [-0.2, 0) is 11.8 Å². The van der Waals surface area contributed by atoms with E-state index in [1.54, 1.807) is 14.2 Å². The van der Waals surface area contributed by atoms with Gasteiger partial charge >= 0.3 is 0 Å². The van der Waals surface area contributed by atoms with E-state index >= 15 is 0 Å². The third kappa shape index (κ3) is 5.98. The van der Waals surface area contributed by atoms with Crippen molar-refractivity contribution in [2.75, 3.05) is 34.4 Å². The van der Waals surface area contributed by atoms with E-state index in [2.05, 4.69) is 50.1 Å². The molecule has 0 aliphatic heterocycles. The second kappa shape index (κ2) is 10.9. The van der Waals surface area contributed by atoms with Crippen molar-refractivity contribution in [2.24, 2.45) is 5.92 Å². The van der Waals surface area contributed by atoms with Gasteiger partial charge in [0.1, 0.15) is 11.5 Å². The molecule has 0 aliphatic rings. The molecule has 0 fully saturated rings. The van der Waals surface area contributed by atoms with E-state index in [9.17, 15) is 5.26 Å². The van der Waals surface area contributed by atoms with Gasteiger partial charge in [0.25, 0.3) is 0 Å². The zero-order valence-electron chi connectivity index (χ0n) is 18.4. The van der Waals surface area contributed by atoms with Gasteiger partial charge in [-0.2, -0.15) is 5.26 Å². The van der Waals surface area contributed by atoms with Gasteiger partial charge in [-0.25, -0.2) is 0 Å². The van der Waals surface area contributed by atoms with Gasteiger partial charge in [0.2, 0.25) is 0 Å². The first kappa shape index (κ1) is 22.8. The number of ether oxygens (including phenoxy) is 2. The van der Waals surface area contributed by atoms with E-state index in [4.69, 9.17) is 9.47 Å². The third-order valence-corrected chi connectivity index (χ3v) is 5.80. The Kier molecular flexibility index (Phi) is 8.54. The van der Waals surface area contributed by atoms with Crippen LogP contribution in [0.1, 0.15) is 37.8 Å². The predicted molar refractivity (Wildman–Crippen MR) is 119 cm³/mol. The zero-order chi connectivity index (χ0) is 21.3.